The number of hydrogen-bond acceptors (Lipinski definition) is 0. The largest absolute Gasteiger partial charge is 0.0622 e. The van der Waals surface area contributed by atoms with E-state index in [9.17, 15) is 0 Å². The van der Waals surface area contributed by atoms with Crippen molar-refractivity contribution in [1.82, 2.24) is 0 Å². The summed E-state index contributed by atoms with van der Waals surface area (Å²) in [4.78, 5) is 0. The van der Waals surface area contributed by atoms with Crippen molar-refractivity contribution in [3.05, 3.63) is 13.8 Å². The van der Waals surface area contributed by atoms with Gasteiger partial charge in [0.25, 0.3) is 0 Å². The van der Waals surface area contributed by atoms with E-state index in [2.05, 4.69) is 0 Å². The van der Waals surface area contributed by atoms with Gasteiger partial charge in [-0.15, -0.1) is 0 Å². The van der Waals surface area contributed by atoms with E-state index in [-0.39, 0.29) is 5.92 Å². The van der Waals surface area contributed by atoms with Crippen LogP contribution in [0.3, 0.4) is 0 Å². The predicted molar refractivity (Wildman–Crippen MR) is 22.4 cm³/mol. The lowest BCUT2D eigenvalue weighted by Crippen LogP contribution is -1.78. The first-order valence-electron chi connectivity index (χ1n) is 1.73. The minimum Gasteiger partial charge on any atom is -0.0622 e. The van der Waals surface area contributed by atoms with Crippen molar-refractivity contribution in [3.8, 4) is 0 Å². The fraction of sp³-hybridized carbons (Fsp3) is 0.600. The molecule has 0 saturated carbocycles. The molecule has 0 heterocycles. The highest BCUT2D eigenvalue weighted by Crippen LogP contribution is 1.92. The summed E-state index contributed by atoms with van der Waals surface area (Å²) in [5.74, 6) is 0.162. The van der Waals surface area contributed by atoms with Crippen LogP contribution in [0.5, 0.6) is 0 Å². The summed E-state index contributed by atoms with van der Waals surface area (Å²) in [6, 6.07) is 0. The topological polar surface area (TPSA) is 0 Å². The van der Waals surface area contributed by atoms with Gasteiger partial charge in [-0.2, -0.15) is 0 Å². The van der Waals surface area contributed by atoms with E-state index in [1.165, 1.54) is 0 Å². The Kier molecular flexibility index (Phi) is 2.25. The van der Waals surface area contributed by atoms with Crippen molar-refractivity contribution >= 4 is 0 Å². The van der Waals surface area contributed by atoms with Crippen molar-refractivity contribution in [2.24, 2.45) is 5.92 Å². The molecule has 1 unspecified atom stereocenters. The Morgan fingerprint density at radius 1 is 1.80 bits per heavy atom. The fourth-order valence-electron chi connectivity index (χ4n) is 0. The lowest BCUT2D eigenvalue weighted by atomic mass is 10.2. The maximum atomic E-state index is 5.17. The number of rotatable bonds is 1. The molecular formula is C5H8. The van der Waals surface area contributed by atoms with E-state index >= 15 is 0 Å². The summed E-state index contributed by atoms with van der Waals surface area (Å²) in [6.07, 6.45) is 0.583. The molecule has 0 aromatic carbocycles. The van der Waals surface area contributed by atoms with Gasteiger partial charge in [-0.05, 0) is 26.2 Å². The molecule has 0 bridgehead atoms. The molecule has 0 aliphatic carbocycles. The fourth-order valence-corrected chi connectivity index (χ4v) is 0. The Hall–Kier alpha value is 0. The summed E-state index contributed by atoms with van der Waals surface area (Å²) in [7, 11) is 0. The Balaban J connectivity index is 2.54. The predicted octanol–water partition coefficient (Wildman–Crippen LogP) is 1.43. The second-order valence-corrected chi connectivity index (χ2v) is 1.21. The van der Waals surface area contributed by atoms with Crippen LogP contribution in [0.4, 0.5) is 0 Å². The average Bonchev–Trinajstić information content (AvgIpc) is 1.38. The van der Waals surface area contributed by atoms with E-state index in [4.69, 9.17) is 13.8 Å². The van der Waals surface area contributed by atoms with E-state index < -0.39 is 0 Å². The Morgan fingerprint density at radius 3 is 2.00 bits per heavy atom. The molecule has 4 radical (unpaired) electrons. The van der Waals surface area contributed by atoms with Crippen LogP contribution in [0.15, 0.2) is 0 Å². The molecule has 0 fully saturated rings. The van der Waals surface area contributed by atoms with Crippen molar-refractivity contribution in [2.75, 3.05) is 0 Å². The van der Waals surface area contributed by atoms with Gasteiger partial charge in [0.15, 0.2) is 0 Å². The van der Waals surface area contributed by atoms with Crippen LogP contribution < -0.4 is 0 Å². The molecular weight excluding hydrogens is 60.1 g/mol. The highest BCUT2D eigenvalue weighted by Gasteiger charge is 1.81. The van der Waals surface area contributed by atoms with Gasteiger partial charge in [0, 0.05) is 0 Å². The van der Waals surface area contributed by atoms with Crippen LogP contribution in [0.2, 0.25) is 0 Å². The van der Waals surface area contributed by atoms with Crippen LogP contribution >= 0.6 is 0 Å². The maximum absolute atomic E-state index is 5.17. The second kappa shape index (κ2) is 2.25. The van der Waals surface area contributed by atoms with Gasteiger partial charge in [0.1, 0.15) is 0 Å². The van der Waals surface area contributed by atoms with Gasteiger partial charge in [-0.1, -0.05) is 6.92 Å². The Bertz CT molecular complexity index is 14.0. The van der Waals surface area contributed by atoms with Gasteiger partial charge < -0.3 is 0 Å². The Morgan fingerprint density at radius 2 is 2.00 bits per heavy atom. The lowest BCUT2D eigenvalue weighted by Gasteiger charge is -1.89. The third-order valence-electron chi connectivity index (χ3n) is 0.372. The lowest BCUT2D eigenvalue weighted by molar-refractivity contribution is 0.737. The molecule has 1 atom stereocenters. The van der Waals surface area contributed by atoms with Crippen molar-refractivity contribution in [3.63, 3.8) is 0 Å². The summed E-state index contributed by atoms with van der Waals surface area (Å²) in [5, 5.41) is 0. The molecule has 28 valence electrons. The normalized spacial score (nSPS) is 9.60. The zero-order chi connectivity index (χ0) is 4.28. The van der Waals surface area contributed by atoms with Crippen molar-refractivity contribution in [1.29, 1.82) is 0 Å². The molecule has 5 heavy (non-hydrogen) atoms. The van der Waals surface area contributed by atoms with Gasteiger partial charge in [-0.3, -0.25) is 0 Å². The standard InChI is InChI=1S/C5H8/c1-4-5(2)3/h1-2,5H,4H2,3H3. The first-order chi connectivity index (χ1) is 2.27. The molecule has 0 heteroatoms. The summed E-state index contributed by atoms with van der Waals surface area (Å²) in [5.41, 5.74) is 0. The average molecular weight is 68.1 g/mol. The zero-order valence-electron chi connectivity index (χ0n) is 3.44. The van der Waals surface area contributed by atoms with E-state index in [1.807, 2.05) is 6.92 Å². The molecule has 0 aliphatic rings. The van der Waals surface area contributed by atoms with Crippen LogP contribution in [-0.4, -0.2) is 0 Å². The van der Waals surface area contributed by atoms with Crippen LogP contribution in [0.25, 0.3) is 0 Å². The maximum Gasteiger partial charge on any atom is -0.0321 e. The monoisotopic (exact) mass is 68.1 g/mol. The minimum atomic E-state index is 0.162. The summed E-state index contributed by atoms with van der Waals surface area (Å²) < 4.78 is 0. The van der Waals surface area contributed by atoms with Gasteiger partial charge in [0.05, 0.1) is 0 Å². The van der Waals surface area contributed by atoms with E-state index in [0.29, 0.717) is 6.42 Å². The highest BCUT2D eigenvalue weighted by molar-refractivity contribution is 4.52. The molecule has 0 aromatic rings. The molecule has 0 saturated heterocycles. The Labute approximate surface area is 34.2 Å². The molecule has 0 amide bonds. The molecule has 0 aliphatic heterocycles. The third-order valence-corrected chi connectivity index (χ3v) is 0.372. The highest BCUT2D eigenvalue weighted by atomic mass is 13.9. The molecule has 0 aromatic heterocycles. The van der Waals surface area contributed by atoms with E-state index in [1.54, 1.807) is 0 Å². The van der Waals surface area contributed by atoms with Crippen LogP contribution in [0, 0.1) is 19.8 Å². The number of hydrogen-bond donors (Lipinski definition) is 0. The van der Waals surface area contributed by atoms with Crippen molar-refractivity contribution in [2.45, 2.75) is 13.3 Å². The van der Waals surface area contributed by atoms with Gasteiger partial charge >= 0.3 is 0 Å². The molecule has 0 rings (SSSR count). The first kappa shape index (κ1) is 5.00. The van der Waals surface area contributed by atoms with E-state index in [0.717, 1.165) is 0 Å². The van der Waals surface area contributed by atoms with Crippen LogP contribution in [0.1, 0.15) is 13.3 Å². The smallest absolute Gasteiger partial charge is 0.0321 e. The summed E-state index contributed by atoms with van der Waals surface area (Å²) in [6.45, 7) is 12.1. The molecule has 0 nitrogen and oxygen atoms in total. The molecule has 0 N–H and O–H groups in total. The summed E-state index contributed by atoms with van der Waals surface area (Å²) >= 11 is 0. The minimum absolute atomic E-state index is 0.162. The molecule has 0 spiro atoms. The zero-order valence-corrected chi connectivity index (χ0v) is 3.44. The third kappa shape index (κ3) is 4.00. The first-order valence-corrected chi connectivity index (χ1v) is 1.73. The van der Waals surface area contributed by atoms with Crippen molar-refractivity contribution < 1.29 is 0 Å². The second-order valence-electron chi connectivity index (χ2n) is 1.21. The quantitative estimate of drug-likeness (QED) is 0.436. The van der Waals surface area contributed by atoms with Gasteiger partial charge in [-0.25, -0.2) is 0 Å². The van der Waals surface area contributed by atoms with Crippen LogP contribution in [-0.2, 0) is 0 Å². The SMILES string of the molecule is [CH]CC([CH])C. The van der Waals surface area contributed by atoms with Gasteiger partial charge in [0.2, 0.25) is 0 Å².